The molecule has 1 aromatic carbocycles. The lowest BCUT2D eigenvalue weighted by Gasteiger charge is -2.16. The molecule has 1 rings (SSSR count). The first kappa shape index (κ1) is 15.1. The summed E-state index contributed by atoms with van der Waals surface area (Å²) in [5.74, 6) is 0. The Morgan fingerprint density at radius 1 is 1.22 bits per heavy atom. The van der Waals surface area contributed by atoms with Crippen molar-refractivity contribution < 1.29 is 8.42 Å². The molecule has 0 aliphatic heterocycles. The first-order valence-corrected chi connectivity index (χ1v) is 7.87. The van der Waals surface area contributed by atoms with Crippen LogP contribution in [0.15, 0.2) is 29.2 Å². The SMILES string of the molecule is CCCNC(CC)Cc1ccc(S(N)(=O)=O)cc1. The minimum atomic E-state index is -3.58. The van der Waals surface area contributed by atoms with Gasteiger partial charge in [-0.3, -0.25) is 0 Å². The van der Waals surface area contributed by atoms with Crippen molar-refractivity contribution in [2.24, 2.45) is 5.14 Å². The van der Waals surface area contributed by atoms with Gasteiger partial charge in [-0.2, -0.15) is 0 Å². The van der Waals surface area contributed by atoms with Gasteiger partial charge < -0.3 is 5.32 Å². The summed E-state index contributed by atoms with van der Waals surface area (Å²) in [4.78, 5) is 0.167. The molecule has 3 N–H and O–H groups in total. The van der Waals surface area contributed by atoms with Gasteiger partial charge >= 0.3 is 0 Å². The Balaban J connectivity index is 2.68. The van der Waals surface area contributed by atoms with E-state index in [9.17, 15) is 8.42 Å². The molecular formula is C13H22N2O2S. The highest BCUT2D eigenvalue weighted by molar-refractivity contribution is 7.89. The lowest BCUT2D eigenvalue weighted by molar-refractivity contribution is 0.494. The van der Waals surface area contributed by atoms with Crippen LogP contribution in [0.5, 0.6) is 0 Å². The van der Waals surface area contributed by atoms with Crippen LogP contribution in [0.3, 0.4) is 0 Å². The number of primary sulfonamides is 1. The minimum Gasteiger partial charge on any atom is -0.314 e. The molecule has 0 aliphatic rings. The molecule has 0 saturated heterocycles. The van der Waals surface area contributed by atoms with Gasteiger partial charge in [-0.15, -0.1) is 0 Å². The van der Waals surface area contributed by atoms with Gasteiger partial charge in [0, 0.05) is 6.04 Å². The smallest absolute Gasteiger partial charge is 0.238 e. The van der Waals surface area contributed by atoms with Crippen LogP contribution in [-0.2, 0) is 16.4 Å². The highest BCUT2D eigenvalue weighted by atomic mass is 32.2. The molecule has 0 aliphatic carbocycles. The zero-order valence-electron chi connectivity index (χ0n) is 11.0. The zero-order chi connectivity index (χ0) is 13.6. The zero-order valence-corrected chi connectivity index (χ0v) is 11.8. The number of rotatable bonds is 7. The monoisotopic (exact) mass is 270 g/mol. The highest BCUT2D eigenvalue weighted by Gasteiger charge is 2.09. The van der Waals surface area contributed by atoms with Crippen LogP contribution in [0.1, 0.15) is 32.3 Å². The van der Waals surface area contributed by atoms with Gasteiger partial charge in [0.1, 0.15) is 0 Å². The second kappa shape index (κ2) is 6.87. The van der Waals surface area contributed by atoms with Crippen LogP contribution in [0.2, 0.25) is 0 Å². The first-order chi connectivity index (χ1) is 8.47. The number of sulfonamides is 1. The molecule has 0 spiro atoms. The fourth-order valence-electron chi connectivity index (χ4n) is 1.81. The molecule has 0 fully saturated rings. The van der Waals surface area contributed by atoms with E-state index < -0.39 is 10.0 Å². The fraction of sp³-hybridized carbons (Fsp3) is 0.538. The van der Waals surface area contributed by atoms with Crippen molar-refractivity contribution >= 4 is 10.0 Å². The first-order valence-electron chi connectivity index (χ1n) is 6.32. The maximum atomic E-state index is 11.1. The fourth-order valence-corrected chi connectivity index (χ4v) is 2.32. The number of hydrogen-bond acceptors (Lipinski definition) is 3. The van der Waals surface area contributed by atoms with Gasteiger partial charge in [-0.25, -0.2) is 13.6 Å². The minimum absolute atomic E-state index is 0.167. The summed E-state index contributed by atoms with van der Waals surface area (Å²) in [5, 5.41) is 8.53. The Morgan fingerprint density at radius 3 is 2.28 bits per heavy atom. The molecule has 4 nitrogen and oxygen atoms in total. The van der Waals surface area contributed by atoms with Crippen LogP contribution in [-0.4, -0.2) is 21.0 Å². The molecular weight excluding hydrogens is 248 g/mol. The molecule has 1 aromatic rings. The van der Waals surface area contributed by atoms with Crippen LogP contribution < -0.4 is 10.5 Å². The van der Waals surface area contributed by atoms with Gasteiger partial charge in [-0.1, -0.05) is 26.0 Å². The van der Waals surface area contributed by atoms with Gasteiger partial charge in [0.15, 0.2) is 0 Å². The molecule has 0 radical (unpaired) electrons. The van der Waals surface area contributed by atoms with E-state index in [0.717, 1.165) is 31.4 Å². The second-order valence-electron chi connectivity index (χ2n) is 4.45. The van der Waals surface area contributed by atoms with E-state index in [0.29, 0.717) is 6.04 Å². The number of hydrogen-bond donors (Lipinski definition) is 2. The van der Waals surface area contributed by atoms with Gasteiger partial charge in [-0.05, 0) is 43.5 Å². The normalized spacial score (nSPS) is 13.5. The largest absolute Gasteiger partial charge is 0.314 e. The number of nitrogens with one attached hydrogen (secondary N) is 1. The summed E-state index contributed by atoms with van der Waals surface area (Å²) < 4.78 is 22.3. The molecule has 102 valence electrons. The molecule has 0 bridgehead atoms. The third-order valence-corrected chi connectivity index (χ3v) is 3.84. The van der Waals surface area contributed by atoms with E-state index in [1.165, 1.54) is 0 Å². The van der Waals surface area contributed by atoms with Gasteiger partial charge in [0.05, 0.1) is 4.90 Å². The molecule has 0 heterocycles. The lowest BCUT2D eigenvalue weighted by Crippen LogP contribution is -2.31. The van der Waals surface area contributed by atoms with E-state index in [2.05, 4.69) is 19.2 Å². The van der Waals surface area contributed by atoms with Crippen molar-refractivity contribution in [3.8, 4) is 0 Å². The summed E-state index contributed by atoms with van der Waals surface area (Å²) in [6.07, 6.45) is 3.07. The third kappa shape index (κ3) is 4.76. The summed E-state index contributed by atoms with van der Waals surface area (Å²) in [5.41, 5.74) is 1.12. The van der Waals surface area contributed by atoms with E-state index in [4.69, 9.17) is 5.14 Å². The summed E-state index contributed by atoms with van der Waals surface area (Å²) in [6.45, 7) is 5.29. The van der Waals surface area contributed by atoms with E-state index in [-0.39, 0.29) is 4.90 Å². The predicted molar refractivity (Wildman–Crippen MR) is 73.9 cm³/mol. The van der Waals surface area contributed by atoms with E-state index in [1.807, 2.05) is 12.1 Å². The van der Waals surface area contributed by atoms with Crippen molar-refractivity contribution in [2.75, 3.05) is 6.54 Å². The van der Waals surface area contributed by atoms with Crippen LogP contribution >= 0.6 is 0 Å². The van der Waals surface area contributed by atoms with Crippen molar-refractivity contribution in [1.82, 2.24) is 5.32 Å². The molecule has 5 heteroatoms. The summed E-state index contributed by atoms with van der Waals surface area (Å²) in [7, 11) is -3.58. The van der Waals surface area contributed by atoms with Gasteiger partial charge in [0.25, 0.3) is 0 Å². The maximum absolute atomic E-state index is 11.1. The molecule has 1 unspecified atom stereocenters. The van der Waals surface area contributed by atoms with Crippen molar-refractivity contribution in [2.45, 2.75) is 44.0 Å². The highest BCUT2D eigenvalue weighted by Crippen LogP contribution is 2.11. The van der Waals surface area contributed by atoms with E-state index in [1.54, 1.807) is 12.1 Å². The van der Waals surface area contributed by atoms with Crippen LogP contribution in [0.25, 0.3) is 0 Å². The molecule has 0 saturated carbocycles. The van der Waals surface area contributed by atoms with Crippen LogP contribution in [0, 0.1) is 0 Å². The molecule has 18 heavy (non-hydrogen) atoms. The molecule has 1 atom stereocenters. The maximum Gasteiger partial charge on any atom is 0.238 e. The van der Waals surface area contributed by atoms with Gasteiger partial charge in [0.2, 0.25) is 10.0 Å². The average molecular weight is 270 g/mol. The number of benzene rings is 1. The van der Waals surface area contributed by atoms with Crippen molar-refractivity contribution in [3.05, 3.63) is 29.8 Å². The predicted octanol–water partition coefficient (Wildman–Crippen LogP) is 1.65. The van der Waals surface area contributed by atoms with Crippen molar-refractivity contribution in [1.29, 1.82) is 0 Å². The number of nitrogens with two attached hydrogens (primary N) is 1. The Kier molecular flexibility index (Phi) is 5.78. The second-order valence-corrected chi connectivity index (χ2v) is 6.01. The standard InChI is InChI=1S/C13H22N2O2S/c1-3-9-15-12(4-2)10-11-5-7-13(8-6-11)18(14,16)17/h5-8,12,15H,3-4,9-10H2,1-2H3,(H2,14,16,17). The Labute approximate surface area is 110 Å². The average Bonchev–Trinajstić information content (AvgIpc) is 2.34. The van der Waals surface area contributed by atoms with Crippen LogP contribution in [0.4, 0.5) is 0 Å². The molecule has 0 amide bonds. The Hall–Kier alpha value is -0.910. The Morgan fingerprint density at radius 2 is 1.83 bits per heavy atom. The summed E-state index contributed by atoms with van der Waals surface area (Å²) in [6, 6.07) is 7.23. The Bertz CT molecular complexity index is 454. The summed E-state index contributed by atoms with van der Waals surface area (Å²) >= 11 is 0. The third-order valence-electron chi connectivity index (χ3n) is 2.91. The lowest BCUT2D eigenvalue weighted by atomic mass is 10.0. The topological polar surface area (TPSA) is 72.2 Å². The molecule has 0 aromatic heterocycles. The quantitative estimate of drug-likeness (QED) is 0.791. The van der Waals surface area contributed by atoms with E-state index >= 15 is 0 Å². The van der Waals surface area contributed by atoms with Crippen molar-refractivity contribution in [3.63, 3.8) is 0 Å².